The molecule has 0 saturated carbocycles. The monoisotopic (exact) mass is 335 g/mol. The van der Waals surface area contributed by atoms with E-state index in [9.17, 15) is 4.21 Å². The second-order valence-corrected chi connectivity index (χ2v) is 6.08. The second-order valence-electron chi connectivity index (χ2n) is 3.80. The van der Waals surface area contributed by atoms with Crippen molar-refractivity contribution >= 4 is 32.4 Å². The molecule has 19 heavy (non-hydrogen) atoms. The quantitative estimate of drug-likeness (QED) is 0.874. The Hall–Kier alpha value is -1.71. The van der Waals surface area contributed by atoms with Gasteiger partial charge in [-0.25, -0.2) is 4.98 Å². The van der Waals surface area contributed by atoms with Gasteiger partial charge in [-0.3, -0.25) is 4.21 Å². The summed E-state index contributed by atoms with van der Waals surface area (Å²) < 4.78 is 13.0. The highest BCUT2D eigenvalue weighted by atomic mass is 79.9. The summed E-state index contributed by atoms with van der Waals surface area (Å²) in [4.78, 5) is 4.61. The Morgan fingerprint density at radius 2 is 2.21 bits per heavy atom. The lowest BCUT2D eigenvalue weighted by atomic mass is 10.2. The zero-order chi connectivity index (χ0) is 13.8. The summed E-state index contributed by atoms with van der Waals surface area (Å²) in [6.07, 6.45) is 1.55. The van der Waals surface area contributed by atoms with Crippen LogP contribution in [0.1, 0.15) is 11.3 Å². The Bertz CT molecular complexity index is 682. The molecule has 0 aliphatic carbocycles. The molecular weight excluding hydrogens is 326 g/mol. The van der Waals surface area contributed by atoms with E-state index in [0.717, 1.165) is 0 Å². The maximum absolute atomic E-state index is 12.3. The van der Waals surface area contributed by atoms with Gasteiger partial charge in [0.05, 0.1) is 21.4 Å². The van der Waals surface area contributed by atoms with Gasteiger partial charge in [0.2, 0.25) is 0 Å². The molecule has 96 valence electrons. The Balaban J connectivity index is 2.29. The van der Waals surface area contributed by atoms with Crippen LogP contribution in [-0.4, -0.2) is 9.19 Å². The summed E-state index contributed by atoms with van der Waals surface area (Å²) in [6, 6.07) is 10.6. The highest BCUT2D eigenvalue weighted by molar-refractivity contribution is 9.10. The molecule has 6 heteroatoms. The van der Waals surface area contributed by atoms with Crippen molar-refractivity contribution in [1.29, 1.82) is 5.26 Å². The van der Waals surface area contributed by atoms with Gasteiger partial charge in [0.15, 0.2) is 0 Å². The maximum Gasteiger partial charge on any atom is 0.144 e. The summed E-state index contributed by atoms with van der Waals surface area (Å²) in [5.74, 6) is 0.249. The lowest BCUT2D eigenvalue weighted by Crippen LogP contribution is -2.01. The minimum Gasteiger partial charge on any atom is -0.399 e. The minimum atomic E-state index is -1.26. The Kier molecular flexibility index (Phi) is 4.30. The van der Waals surface area contributed by atoms with Crippen LogP contribution in [0, 0.1) is 11.3 Å². The highest BCUT2D eigenvalue weighted by Gasteiger charge is 2.12. The summed E-state index contributed by atoms with van der Waals surface area (Å²) in [5, 5.41) is 8.96. The van der Waals surface area contributed by atoms with Crippen LogP contribution in [0.2, 0.25) is 0 Å². The van der Waals surface area contributed by atoms with E-state index in [4.69, 9.17) is 11.0 Å². The van der Waals surface area contributed by atoms with Crippen molar-refractivity contribution in [2.24, 2.45) is 0 Å². The molecule has 0 aliphatic heterocycles. The maximum atomic E-state index is 12.3. The molecule has 0 radical (unpaired) electrons. The van der Waals surface area contributed by atoms with Crippen molar-refractivity contribution < 1.29 is 4.21 Å². The van der Waals surface area contributed by atoms with Crippen molar-refractivity contribution in [2.75, 3.05) is 5.73 Å². The number of benzene rings is 1. The number of nitrogens with two attached hydrogens (primary N) is 1. The van der Waals surface area contributed by atoms with Gasteiger partial charge in [0, 0.05) is 21.9 Å². The first kappa shape index (κ1) is 13.7. The summed E-state index contributed by atoms with van der Waals surface area (Å²) >= 11 is 3.34. The van der Waals surface area contributed by atoms with Crippen LogP contribution in [0.25, 0.3) is 0 Å². The van der Waals surface area contributed by atoms with Crippen molar-refractivity contribution in [3.05, 3.63) is 52.3 Å². The first-order valence-electron chi connectivity index (χ1n) is 5.39. The number of hydrogen-bond acceptors (Lipinski definition) is 4. The number of hydrogen-bond donors (Lipinski definition) is 1. The smallest absolute Gasteiger partial charge is 0.144 e. The fraction of sp³-hybridized carbons (Fsp3) is 0.0769. The zero-order valence-corrected chi connectivity index (χ0v) is 12.2. The third-order valence-electron chi connectivity index (χ3n) is 2.48. The third-order valence-corrected chi connectivity index (χ3v) is 4.82. The molecule has 0 aliphatic rings. The lowest BCUT2D eigenvalue weighted by Gasteiger charge is -2.06. The number of nitrogens with zero attached hydrogens (tertiary/aromatic N) is 2. The number of pyridine rings is 1. The first-order chi connectivity index (χ1) is 9.11. The molecule has 2 aromatic rings. The number of rotatable bonds is 3. The molecule has 0 saturated heterocycles. The van der Waals surface area contributed by atoms with Crippen molar-refractivity contribution in [1.82, 2.24) is 4.98 Å². The molecule has 0 bridgehead atoms. The van der Waals surface area contributed by atoms with Crippen molar-refractivity contribution in [2.45, 2.75) is 10.6 Å². The summed E-state index contributed by atoms with van der Waals surface area (Å²) in [5.41, 5.74) is 7.23. The second kappa shape index (κ2) is 5.95. The van der Waals surface area contributed by atoms with Crippen LogP contribution in [0.15, 0.2) is 45.9 Å². The van der Waals surface area contributed by atoms with Gasteiger partial charge >= 0.3 is 0 Å². The number of nitriles is 1. The molecule has 2 N–H and O–H groups in total. The molecule has 0 amide bonds. The van der Waals surface area contributed by atoms with E-state index in [-0.39, 0.29) is 5.75 Å². The Morgan fingerprint density at radius 3 is 2.89 bits per heavy atom. The Morgan fingerprint density at radius 1 is 1.42 bits per heavy atom. The highest BCUT2D eigenvalue weighted by Crippen LogP contribution is 2.25. The van der Waals surface area contributed by atoms with E-state index in [1.807, 2.05) is 6.07 Å². The number of anilines is 1. The van der Waals surface area contributed by atoms with E-state index >= 15 is 0 Å². The molecule has 0 spiro atoms. The van der Waals surface area contributed by atoms with E-state index < -0.39 is 10.8 Å². The average Bonchev–Trinajstić information content (AvgIpc) is 2.39. The molecule has 1 aromatic carbocycles. The summed E-state index contributed by atoms with van der Waals surface area (Å²) in [6.45, 7) is 0. The predicted octanol–water partition coefficient (Wildman–Crippen LogP) is 2.61. The van der Waals surface area contributed by atoms with Crippen LogP contribution in [-0.2, 0) is 16.6 Å². The third kappa shape index (κ3) is 3.19. The van der Waals surface area contributed by atoms with Gasteiger partial charge in [0.25, 0.3) is 0 Å². The average molecular weight is 336 g/mol. The van der Waals surface area contributed by atoms with Gasteiger partial charge in [-0.2, -0.15) is 5.26 Å². The van der Waals surface area contributed by atoms with Crippen LogP contribution >= 0.6 is 15.9 Å². The fourth-order valence-corrected chi connectivity index (χ4v) is 3.68. The zero-order valence-electron chi connectivity index (χ0n) is 9.84. The number of aromatic nitrogens is 1. The molecule has 0 fully saturated rings. The lowest BCUT2D eigenvalue weighted by molar-refractivity contribution is 0.682. The van der Waals surface area contributed by atoms with Gasteiger partial charge in [-0.05, 0) is 40.2 Å². The largest absolute Gasteiger partial charge is 0.399 e. The molecular formula is C13H10BrN3OS. The number of nitrogen functional groups attached to an aromatic ring is 1. The van der Waals surface area contributed by atoms with Gasteiger partial charge in [-0.15, -0.1) is 0 Å². The molecule has 4 nitrogen and oxygen atoms in total. The summed E-state index contributed by atoms with van der Waals surface area (Å²) in [7, 11) is -1.26. The van der Waals surface area contributed by atoms with Crippen LogP contribution in [0.5, 0.6) is 0 Å². The van der Waals surface area contributed by atoms with Crippen molar-refractivity contribution in [3.8, 4) is 6.07 Å². The van der Waals surface area contributed by atoms with Gasteiger partial charge < -0.3 is 5.73 Å². The fourth-order valence-electron chi connectivity index (χ4n) is 1.58. The molecule has 1 heterocycles. The molecule has 1 unspecified atom stereocenters. The van der Waals surface area contributed by atoms with E-state index in [0.29, 0.717) is 26.3 Å². The molecule has 2 rings (SSSR count). The minimum absolute atomic E-state index is 0.249. The van der Waals surface area contributed by atoms with Gasteiger partial charge in [0.1, 0.15) is 11.8 Å². The molecule has 1 aromatic heterocycles. The van der Waals surface area contributed by atoms with E-state index in [1.165, 1.54) is 0 Å². The van der Waals surface area contributed by atoms with Crippen LogP contribution < -0.4 is 5.73 Å². The van der Waals surface area contributed by atoms with Gasteiger partial charge in [-0.1, -0.05) is 6.07 Å². The normalized spacial score (nSPS) is 11.8. The molecule has 1 atom stereocenters. The van der Waals surface area contributed by atoms with Crippen LogP contribution in [0.3, 0.4) is 0 Å². The van der Waals surface area contributed by atoms with Crippen LogP contribution in [0.4, 0.5) is 5.69 Å². The van der Waals surface area contributed by atoms with E-state index in [1.54, 1.807) is 36.5 Å². The first-order valence-corrected chi connectivity index (χ1v) is 7.50. The van der Waals surface area contributed by atoms with E-state index in [2.05, 4.69) is 20.9 Å². The standard InChI is InChI=1S/C13H10BrN3OS/c14-11-6-10(16)3-4-13(11)19(18)8-9-2-1-5-17-12(9)7-15/h1-6H,8,16H2. The predicted molar refractivity (Wildman–Crippen MR) is 77.6 cm³/mol. The topological polar surface area (TPSA) is 79.8 Å². The van der Waals surface area contributed by atoms with Crippen molar-refractivity contribution in [3.63, 3.8) is 0 Å². The SMILES string of the molecule is N#Cc1ncccc1CS(=O)c1ccc(N)cc1Br. The Labute approximate surface area is 121 Å². The number of halogens is 1.